The van der Waals surface area contributed by atoms with Crippen molar-refractivity contribution in [2.75, 3.05) is 18.4 Å². The Morgan fingerprint density at radius 2 is 1.54 bits per heavy atom. The van der Waals surface area contributed by atoms with Gasteiger partial charge in [0, 0.05) is 29.8 Å². The van der Waals surface area contributed by atoms with E-state index in [-0.39, 0.29) is 36.6 Å². The number of carbonyl (C=O) groups excluding carboxylic acids is 3. The predicted octanol–water partition coefficient (Wildman–Crippen LogP) is 2.42. The van der Waals surface area contributed by atoms with Gasteiger partial charge in [-0.2, -0.15) is 0 Å². The Kier molecular flexibility index (Phi) is 6.16. The fourth-order valence-corrected chi connectivity index (χ4v) is 1.97. The van der Waals surface area contributed by atoms with E-state index in [1.54, 1.807) is 36.4 Å². The summed E-state index contributed by atoms with van der Waals surface area (Å²) in [6, 6.07) is 9.82. The monoisotopic (exact) mass is 357 g/mol. The number of rotatable bonds is 6. The molecule has 0 aliphatic rings. The third kappa shape index (κ3) is 5.47. The Morgan fingerprint density at radius 1 is 0.923 bits per heavy atom. The first-order valence-corrected chi connectivity index (χ1v) is 8.29. The summed E-state index contributed by atoms with van der Waals surface area (Å²) in [6.45, 7) is 6.05. The number of furan rings is 1. The largest absolute Gasteiger partial charge is 0.459 e. The normalized spacial score (nSPS) is 10.9. The predicted molar refractivity (Wildman–Crippen MR) is 97.9 cm³/mol. The van der Waals surface area contributed by atoms with Crippen molar-refractivity contribution in [1.29, 1.82) is 0 Å². The van der Waals surface area contributed by atoms with Gasteiger partial charge in [-0.15, -0.1) is 0 Å². The second-order valence-electron chi connectivity index (χ2n) is 6.77. The smallest absolute Gasteiger partial charge is 0.287 e. The summed E-state index contributed by atoms with van der Waals surface area (Å²) in [4.78, 5) is 35.7. The number of amides is 3. The molecule has 0 unspecified atom stereocenters. The molecule has 0 saturated carbocycles. The van der Waals surface area contributed by atoms with E-state index in [1.807, 2.05) is 20.8 Å². The molecule has 2 aromatic rings. The molecule has 0 aliphatic carbocycles. The summed E-state index contributed by atoms with van der Waals surface area (Å²) in [7, 11) is 0. The summed E-state index contributed by atoms with van der Waals surface area (Å²) in [5.74, 6) is -0.458. The topological polar surface area (TPSA) is 100 Å². The lowest BCUT2D eigenvalue weighted by Gasteiger charge is -2.17. The van der Waals surface area contributed by atoms with E-state index >= 15 is 0 Å². The first kappa shape index (κ1) is 19.2. The minimum absolute atomic E-state index is 0.0954. The number of benzene rings is 1. The van der Waals surface area contributed by atoms with Crippen LogP contribution in [0.5, 0.6) is 0 Å². The minimum Gasteiger partial charge on any atom is -0.459 e. The van der Waals surface area contributed by atoms with Crippen LogP contribution < -0.4 is 16.0 Å². The fraction of sp³-hybridized carbons (Fsp3) is 0.316. The van der Waals surface area contributed by atoms with Crippen molar-refractivity contribution in [3.05, 3.63) is 54.0 Å². The van der Waals surface area contributed by atoms with Crippen LogP contribution in [0.4, 0.5) is 5.69 Å². The molecule has 2 rings (SSSR count). The first-order chi connectivity index (χ1) is 12.3. The average Bonchev–Trinajstić information content (AvgIpc) is 3.13. The molecule has 7 heteroatoms. The van der Waals surface area contributed by atoms with Gasteiger partial charge in [-0.3, -0.25) is 14.4 Å². The van der Waals surface area contributed by atoms with Crippen molar-refractivity contribution in [1.82, 2.24) is 10.6 Å². The summed E-state index contributed by atoms with van der Waals surface area (Å²) in [5, 5.41) is 8.15. The van der Waals surface area contributed by atoms with Gasteiger partial charge in [-0.25, -0.2) is 0 Å². The van der Waals surface area contributed by atoms with Crippen molar-refractivity contribution in [2.24, 2.45) is 5.41 Å². The number of hydrogen-bond donors (Lipinski definition) is 3. The van der Waals surface area contributed by atoms with Gasteiger partial charge < -0.3 is 20.4 Å². The first-order valence-electron chi connectivity index (χ1n) is 8.29. The Hall–Kier alpha value is -3.09. The van der Waals surface area contributed by atoms with Gasteiger partial charge in [0.15, 0.2) is 5.76 Å². The maximum atomic E-state index is 12.1. The molecule has 3 N–H and O–H groups in total. The molecule has 1 aromatic carbocycles. The van der Waals surface area contributed by atoms with E-state index in [0.29, 0.717) is 11.3 Å². The standard InChI is InChI=1S/C19H23N3O4/c1-19(2,3)18(25)22-14-8-6-13(7-9-14)16(23)20-10-11-21-17(24)15-5-4-12-26-15/h4-9,12H,10-11H2,1-3H3,(H,20,23)(H,21,24)(H,22,25). The number of carbonyl (C=O) groups is 3. The van der Waals surface area contributed by atoms with Crippen LogP contribution in [0.3, 0.4) is 0 Å². The van der Waals surface area contributed by atoms with Crippen LogP contribution >= 0.6 is 0 Å². The molecule has 0 aliphatic heterocycles. The van der Waals surface area contributed by atoms with Crippen molar-refractivity contribution in [3.8, 4) is 0 Å². The van der Waals surface area contributed by atoms with Gasteiger partial charge in [0.1, 0.15) is 0 Å². The van der Waals surface area contributed by atoms with Gasteiger partial charge in [-0.1, -0.05) is 20.8 Å². The van der Waals surface area contributed by atoms with E-state index in [9.17, 15) is 14.4 Å². The Labute approximate surface area is 152 Å². The van der Waals surface area contributed by atoms with Crippen LogP contribution in [0, 0.1) is 5.41 Å². The SMILES string of the molecule is CC(C)(C)C(=O)Nc1ccc(C(=O)NCCNC(=O)c2ccco2)cc1. The van der Waals surface area contributed by atoms with Gasteiger partial charge in [-0.05, 0) is 36.4 Å². The molecule has 0 radical (unpaired) electrons. The molecule has 26 heavy (non-hydrogen) atoms. The highest BCUT2D eigenvalue weighted by Gasteiger charge is 2.21. The molecular weight excluding hydrogens is 334 g/mol. The molecule has 0 bridgehead atoms. The van der Waals surface area contributed by atoms with Crippen molar-refractivity contribution >= 4 is 23.4 Å². The van der Waals surface area contributed by atoms with E-state index in [0.717, 1.165) is 0 Å². The molecule has 7 nitrogen and oxygen atoms in total. The molecule has 0 saturated heterocycles. The van der Waals surface area contributed by atoms with Crippen molar-refractivity contribution < 1.29 is 18.8 Å². The summed E-state index contributed by atoms with van der Waals surface area (Å²) in [6.07, 6.45) is 1.42. The van der Waals surface area contributed by atoms with Gasteiger partial charge in [0.05, 0.1) is 6.26 Å². The van der Waals surface area contributed by atoms with Crippen molar-refractivity contribution in [2.45, 2.75) is 20.8 Å². The van der Waals surface area contributed by atoms with Crippen LogP contribution in [0.25, 0.3) is 0 Å². The van der Waals surface area contributed by atoms with Crippen LogP contribution in [0.2, 0.25) is 0 Å². The Bertz CT molecular complexity index is 759. The third-order valence-electron chi connectivity index (χ3n) is 3.53. The number of hydrogen-bond acceptors (Lipinski definition) is 4. The molecule has 138 valence electrons. The van der Waals surface area contributed by atoms with Crippen LogP contribution in [0.15, 0.2) is 47.1 Å². The minimum atomic E-state index is -0.490. The van der Waals surface area contributed by atoms with E-state index in [4.69, 9.17) is 4.42 Å². The Balaban J connectivity index is 1.77. The zero-order chi connectivity index (χ0) is 19.2. The molecule has 0 fully saturated rings. The van der Waals surface area contributed by atoms with Crippen molar-refractivity contribution in [3.63, 3.8) is 0 Å². The van der Waals surface area contributed by atoms with E-state index < -0.39 is 5.41 Å². The average molecular weight is 357 g/mol. The zero-order valence-corrected chi connectivity index (χ0v) is 15.1. The molecular formula is C19H23N3O4. The van der Waals surface area contributed by atoms with E-state index in [2.05, 4.69) is 16.0 Å². The second-order valence-corrected chi connectivity index (χ2v) is 6.77. The third-order valence-corrected chi connectivity index (χ3v) is 3.53. The van der Waals surface area contributed by atoms with Gasteiger partial charge in [0.2, 0.25) is 5.91 Å². The van der Waals surface area contributed by atoms with Crippen LogP contribution in [-0.2, 0) is 4.79 Å². The zero-order valence-electron chi connectivity index (χ0n) is 15.1. The molecule has 0 atom stereocenters. The summed E-state index contributed by atoms with van der Waals surface area (Å²) < 4.78 is 4.97. The lowest BCUT2D eigenvalue weighted by molar-refractivity contribution is -0.123. The van der Waals surface area contributed by atoms with Crippen LogP contribution in [-0.4, -0.2) is 30.8 Å². The number of anilines is 1. The lowest BCUT2D eigenvalue weighted by atomic mass is 9.95. The number of nitrogens with one attached hydrogen (secondary N) is 3. The molecule has 0 spiro atoms. The molecule has 1 heterocycles. The van der Waals surface area contributed by atoms with Gasteiger partial charge in [0.25, 0.3) is 11.8 Å². The highest BCUT2D eigenvalue weighted by Crippen LogP contribution is 2.17. The Morgan fingerprint density at radius 3 is 2.08 bits per heavy atom. The summed E-state index contributed by atoms with van der Waals surface area (Å²) >= 11 is 0. The maximum absolute atomic E-state index is 12.1. The molecule has 3 amide bonds. The summed E-state index contributed by atoms with van der Waals surface area (Å²) in [5.41, 5.74) is 0.610. The van der Waals surface area contributed by atoms with Crippen LogP contribution in [0.1, 0.15) is 41.7 Å². The highest BCUT2D eigenvalue weighted by atomic mass is 16.3. The fourth-order valence-electron chi connectivity index (χ4n) is 1.97. The second kappa shape index (κ2) is 8.33. The van der Waals surface area contributed by atoms with E-state index in [1.165, 1.54) is 6.26 Å². The lowest BCUT2D eigenvalue weighted by Crippen LogP contribution is -2.34. The molecule has 1 aromatic heterocycles. The quantitative estimate of drug-likeness (QED) is 0.691. The van der Waals surface area contributed by atoms with Gasteiger partial charge >= 0.3 is 0 Å². The highest BCUT2D eigenvalue weighted by molar-refractivity contribution is 5.97. The maximum Gasteiger partial charge on any atom is 0.287 e.